The molecule has 7 nitrogen and oxygen atoms in total. The van der Waals surface area contributed by atoms with Crippen molar-refractivity contribution in [1.82, 2.24) is 9.97 Å². The van der Waals surface area contributed by atoms with Crippen LogP contribution in [0.3, 0.4) is 0 Å². The maximum atomic E-state index is 11.7. The van der Waals surface area contributed by atoms with Crippen molar-refractivity contribution in [2.45, 2.75) is 6.92 Å². The van der Waals surface area contributed by atoms with Crippen LogP contribution in [0.4, 0.5) is 11.5 Å². The number of ether oxygens (including phenoxy) is 1. The van der Waals surface area contributed by atoms with Gasteiger partial charge in [0.05, 0.1) is 24.1 Å². The van der Waals surface area contributed by atoms with Crippen LogP contribution < -0.4 is 9.80 Å². The van der Waals surface area contributed by atoms with E-state index in [-0.39, 0.29) is 5.97 Å². The van der Waals surface area contributed by atoms with Crippen LogP contribution in [0.15, 0.2) is 36.7 Å². The van der Waals surface area contributed by atoms with E-state index in [1.807, 2.05) is 18.2 Å². The molecule has 0 aliphatic carbocycles. The topological polar surface area (TPSA) is 82.4 Å². The molecule has 0 N–H and O–H groups in total. The molecule has 1 saturated heterocycles. The third-order valence-corrected chi connectivity index (χ3v) is 4.09. The molecule has 1 aliphatic rings. The first-order valence-corrected chi connectivity index (χ1v) is 8.20. The highest BCUT2D eigenvalue weighted by atomic mass is 16.5. The van der Waals surface area contributed by atoms with Crippen molar-refractivity contribution in [1.29, 1.82) is 5.26 Å². The first-order chi connectivity index (χ1) is 12.2. The Morgan fingerprint density at radius 3 is 2.44 bits per heavy atom. The van der Waals surface area contributed by atoms with E-state index in [0.717, 1.165) is 37.7 Å². The van der Waals surface area contributed by atoms with Crippen LogP contribution in [0.2, 0.25) is 0 Å². The minimum Gasteiger partial charge on any atom is -0.462 e. The highest BCUT2D eigenvalue weighted by Gasteiger charge is 2.19. The zero-order chi connectivity index (χ0) is 17.6. The Kier molecular flexibility index (Phi) is 5.09. The molecule has 1 fully saturated rings. The van der Waals surface area contributed by atoms with Gasteiger partial charge in [0.25, 0.3) is 0 Å². The molecule has 0 atom stereocenters. The Bertz CT molecular complexity index is 760. The zero-order valence-electron chi connectivity index (χ0n) is 14.1. The van der Waals surface area contributed by atoms with E-state index < -0.39 is 0 Å². The highest BCUT2D eigenvalue weighted by Crippen LogP contribution is 2.19. The van der Waals surface area contributed by atoms with Crippen LogP contribution in [0.1, 0.15) is 23.0 Å². The predicted molar refractivity (Wildman–Crippen MR) is 93.6 cm³/mol. The summed E-state index contributed by atoms with van der Waals surface area (Å²) >= 11 is 0. The average Bonchev–Trinajstić information content (AvgIpc) is 2.68. The summed E-state index contributed by atoms with van der Waals surface area (Å²) in [6.45, 7) is 5.47. The normalized spacial score (nSPS) is 14.1. The summed E-state index contributed by atoms with van der Waals surface area (Å²) < 4.78 is 4.97. The van der Waals surface area contributed by atoms with E-state index in [1.54, 1.807) is 31.5 Å². The lowest BCUT2D eigenvalue weighted by Crippen LogP contribution is -2.46. The quantitative estimate of drug-likeness (QED) is 0.787. The second kappa shape index (κ2) is 7.62. The summed E-state index contributed by atoms with van der Waals surface area (Å²) in [5, 5.41) is 8.81. The minimum absolute atomic E-state index is 0.348. The van der Waals surface area contributed by atoms with Gasteiger partial charge in [-0.2, -0.15) is 5.26 Å². The number of nitrogens with zero attached hydrogens (tertiary/aromatic N) is 5. The Morgan fingerprint density at radius 1 is 1.12 bits per heavy atom. The summed E-state index contributed by atoms with van der Waals surface area (Å²) in [7, 11) is 0. The molecule has 0 aromatic carbocycles. The van der Waals surface area contributed by atoms with Gasteiger partial charge in [-0.3, -0.25) is 0 Å². The average molecular weight is 337 g/mol. The smallest absolute Gasteiger partial charge is 0.339 e. The number of aromatic nitrogens is 2. The molecule has 128 valence electrons. The Balaban J connectivity index is 1.60. The molecular formula is C18H19N5O2. The number of rotatable bonds is 4. The lowest BCUT2D eigenvalue weighted by Gasteiger charge is -2.36. The molecule has 1 aliphatic heterocycles. The van der Waals surface area contributed by atoms with Crippen LogP contribution in [-0.4, -0.2) is 48.7 Å². The van der Waals surface area contributed by atoms with Crippen LogP contribution in [0.5, 0.6) is 0 Å². The van der Waals surface area contributed by atoms with Crippen LogP contribution >= 0.6 is 0 Å². The van der Waals surface area contributed by atoms with Gasteiger partial charge in [0.2, 0.25) is 0 Å². The van der Waals surface area contributed by atoms with Gasteiger partial charge in [-0.1, -0.05) is 0 Å². The fraction of sp³-hybridized carbons (Fsp3) is 0.333. The monoisotopic (exact) mass is 337 g/mol. The molecule has 0 amide bonds. The summed E-state index contributed by atoms with van der Waals surface area (Å²) in [5.74, 6) is 0.505. The number of hydrogen-bond donors (Lipinski definition) is 0. The van der Waals surface area contributed by atoms with Crippen molar-refractivity contribution < 1.29 is 9.53 Å². The number of carbonyl (C=O) groups excluding carboxylic acids is 1. The van der Waals surface area contributed by atoms with E-state index in [2.05, 4.69) is 19.8 Å². The van der Waals surface area contributed by atoms with Gasteiger partial charge >= 0.3 is 5.97 Å². The van der Waals surface area contributed by atoms with Crippen molar-refractivity contribution >= 4 is 17.5 Å². The second-order valence-electron chi connectivity index (χ2n) is 5.61. The third-order valence-electron chi connectivity index (χ3n) is 4.09. The van der Waals surface area contributed by atoms with E-state index in [9.17, 15) is 4.79 Å². The molecule has 0 unspecified atom stereocenters. The molecule has 3 heterocycles. The summed E-state index contributed by atoms with van der Waals surface area (Å²) in [6.07, 6.45) is 3.30. The lowest BCUT2D eigenvalue weighted by molar-refractivity contribution is 0.0526. The van der Waals surface area contributed by atoms with Gasteiger partial charge < -0.3 is 14.5 Å². The van der Waals surface area contributed by atoms with Crippen molar-refractivity contribution in [3.8, 4) is 6.07 Å². The zero-order valence-corrected chi connectivity index (χ0v) is 14.1. The molecular weight excluding hydrogens is 318 g/mol. The van der Waals surface area contributed by atoms with E-state index in [0.29, 0.717) is 17.9 Å². The Hall–Kier alpha value is -3.14. The van der Waals surface area contributed by atoms with Gasteiger partial charge in [0.15, 0.2) is 0 Å². The molecule has 0 saturated carbocycles. The molecule has 7 heteroatoms. The van der Waals surface area contributed by atoms with Crippen LogP contribution in [0, 0.1) is 11.3 Å². The SMILES string of the molecule is CCOC(=O)c1ccc(N2CCN(c3ccc(C#N)nc3)CC2)nc1. The second-order valence-corrected chi connectivity index (χ2v) is 5.61. The number of anilines is 2. The molecule has 0 spiro atoms. The minimum atomic E-state index is -0.348. The Labute approximate surface area is 146 Å². The van der Waals surface area contributed by atoms with E-state index in [1.165, 1.54) is 0 Å². The number of piperazine rings is 1. The molecule has 2 aromatic heterocycles. The first-order valence-electron chi connectivity index (χ1n) is 8.20. The Morgan fingerprint density at radius 2 is 1.88 bits per heavy atom. The van der Waals surface area contributed by atoms with Gasteiger partial charge in [-0.05, 0) is 31.2 Å². The first kappa shape index (κ1) is 16.7. The fourth-order valence-corrected chi connectivity index (χ4v) is 2.74. The van der Waals surface area contributed by atoms with E-state index >= 15 is 0 Å². The number of carbonyl (C=O) groups is 1. The largest absolute Gasteiger partial charge is 0.462 e. The van der Waals surface area contributed by atoms with Crippen molar-refractivity contribution in [3.05, 3.63) is 47.9 Å². The van der Waals surface area contributed by atoms with Gasteiger partial charge in [-0.15, -0.1) is 0 Å². The van der Waals surface area contributed by atoms with Gasteiger partial charge in [0, 0.05) is 32.4 Å². The van der Waals surface area contributed by atoms with Crippen LogP contribution in [-0.2, 0) is 4.74 Å². The summed E-state index contributed by atoms with van der Waals surface area (Å²) in [5.41, 5.74) is 1.91. The number of pyridine rings is 2. The number of nitriles is 1. The fourth-order valence-electron chi connectivity index (χ4n) is 2.74. The summed E-state index contributed by atoms with van der Waals surface area (Å²) in [6, 6.07) is 9.28. The van der Waals surface area contributed by atoms with E-state index in [4.69, 9.17) is 10.00 Å². The number of hydrogen-bond acceptors (Lipinski definition) is 7. The maximum absolute atomic E-state index is 11.7. The predicted octanol–water partition coefficient (Wildman–Crippen LogP) is 1.85. The molecule has 3 rings (SSSR count). The molecule has 25 heavy (non-hydrogen) atoms. The van der Waals surface area contributed by atoms with Crippen molar-refractivity contribution in [2.24, 2.45) is 0 Å². The molecule has 0 radical (unpaired) electrons. The van der Waals surface area contributed by atoms with Crippen molar-refractivity contribution in [2.75, 3.05) is 42.6 Å². The van der Waals surface area contributed by atoms with Gasteiger partial charge in [-0.25, -0.2) is 14.8 Å². The molecule has 0 bridgehead atoms. The number of esters is 1. The highest BCUT2D eigenvalue weighted by molar-refractivity contribution is 5.89. The molecule has 2 aromatic rings. The van der Waals surface area contributed by atoms with Gasteiger partial charge in [0.1, 0.15) is 17.6 Å². The van der Waals surface area contributed by atoms with Crippen LogP contribution in [0.25, 0.3) is 0 Å². The lowest BCUT2D eigenvalue weighted by atomic mass is 10.2. The summed E-state index contributed by atoms with van der Waals surface area (Å²) in [4.78, 5) is 24.6. The van der Waals surface area contributed by atoms with Crippen molar-refractivity contribution in [3.63, 3.8) is 0 Å². The maximum Gasteiger partial charge on any atom is 0.339 e. The standard InChI is InChI=1S/C18H19N5O2/c1-2-25-18(24)14-3-6-17(21-12-14)23-9-7-22(8-10-23)16-5-4-15(11-19)20-13-16/h3-6,12-13H,2,7-10H2,1H3. The third kappa shape index (κ3) is 3.86.